The highest BCUT2D eigenvalue weighted by molar-refractivity contribution is 5.34. The lowest BCUT2D eigenvalue weighted by atomic mass is 9.97. The second-order valence-electron chi connectivity index (χ2n) is 3.82. The summed E-state index contributed by atoms with van der Waals surface area (Å²) in [6.07, 6.45) is -0.432. The fraction of sp³-hybridized carbons (Fsp3) is 0.154. The summed E-state index contributed by atoms with van der Waals surface area (Å²) < 4.78 is 37.8. The van der Waals surface area contributed by atoms with Crippen molar-refractivity contribution < 1.29 is 13.2 Å². The molecular weight excluding hydrogens is 255 g/mol. The largest absolute Gasteiger partial charge is 0.416 e. The first-order valence-corrected chi connectivity index (χ1v) is 5.35. The number of rotatable bonds is 2. The lowest BCUT2D eigenvalue weighted by molar-refractivity contribution is -0.137. The van der Waals surface area contributed by atoms with E-state index < -0.39 is 17.7 Å². The molecule has 6 heteroatoms. The summed E-state index contributed by atoms with van der Waals surface area (Å²) in [5, 5.41) is 9.13. The lowest BCUT2D eigenvalue weighted by Crippen LogP contribution is -2.08. The molecule has 3 nitrogen and oxygen atoms in total. The highest BCUT2D eigenvalue weighted by Crippen LogP contribution is 2.31. The summed E-state index contributed by atoms with van der Waals surface area (Å²) in [6, 6.07) is 6.96. The average molecular weight is 263 g/mol. The molecule has 1 atom stereocenters. The van der Waals surface area contributed by atoms with Gasteiger partial charge in [0, 0.05) is 18.6 Å². The Bertz CT molecular complexity index is 603. The normalized spacial score (nSPS) is 12.7. The quantitative estimate of drug-likeness (QED) is 0.836. The van der Waals surface area contributed by atoms with Crippen LogP contribution in [0.25, 0.3) is 0 Å². The van der Waals surface area contributed by atoms with Crippen molar-refractivity contribution in [2.24, 2.45) is 0 Å². The third-order valence-electron chi connectivity index (χ3n) is 2.55. The van der Waals surface area contributed by atoms with Crippen LogP contribution >= 0.6 is 0 Å². The van der Waals surface area contributed by atoms with Gasteiger partial charge in [-0.15, -0.1) is 0 Å². The number of nitrogens with zero attached hydrogens (tertiary/aromatic N) is 3. The number of halogens is 3. The Morgan fingerprint density at radius 2 is 2.00 bits per heavy atom. The second-order valence-corrected chi connectivity index (χ2v) is 3.82. The molecule has 0 fully saturated rings. The Morgan fingerprint density at radius 3 is 2.58 bits per heavy atom. The number of nitriles is 1. The fourth-order valence-corrected chi connectivity index (χ4v) is 1.64. The maximum absolute atomic E-state index is 12.6. The third-order valence-corrected chi connectivity index (χ3v) is 2.55. The Morgan fingerprint density at radius 1 is 1.21 bits per heavy atom. The van der Waals surface area contributed by atoms with E-state index in [4.69, 9.17) is 5.26 Å². The smallest absolute Gasteiger partial charge is 0.264 e. The second kappa shape index (κ2) is 5.06. The summed E-state index contributed by atoms with van der Waals surface area (Å²) in [4.78, 5) is 7.70. The summed E-state index contributed by atoms with van der Waals surface area (Å²) in [5.74, 6) is -0.865. The van der Waals surface area contributed by atoms with Crippen molar-refractivity contribution in [3.8, 4) is 6.07 Å². The van der Waals surface area contributed by atoms with E-state index in [-0.39, 0.29) is 5.69 Å². The molecule has 1 unspecified atom stereocenters. The van der Waals surface area contributed by atoms with E-state index in [9.17, 15) is 13.2 Å². The minimum Gasteiger partial charge on any atom is -0.264 e. The van der Waals surface area contributed by atoms with Crippen LogP contribution in [0, 0.1) is 11.3 Å². The minimum absolute atomic E-state index is 0.0605. The number of hydrogen-bond acceptors (Lipinski definition) is 3. The highest BCUT2D eigenvalue weighted by atomic mass is 19.4. The van der Waals surface area contributed by atoms with Gasteiger partial charge in [-0.05, 0) is 23.8 Å². The Kier molecular flexibility index (Phi) is 3.47. The molecule has 0 aromatic carbocycles. The molecule has 0 spiro atoms. The summed E-state index contributed by atoms with van der Waals surface area (Å²) in [7, 11) is 0. The van der Waals surface area contributed by atoms with Gasteiger partial charge in [0.2, 0.25) is 0 Å². The molecule has 0 N–H and O–H groups in total. The average Bonchev–Trinajstić information content (AvgIpc) is 2.40. The van der Waals surface area contributed by atoms with Crippen LogP contribution in [0.15, 0.2) is 42.9 Å². The first kappa shape index (κ1) is 13.0. The van der Waals surface area contributed by atoms with Gasteiger partial charge < -0.3 is 0 Å². The molecule has 0 saturated carbocycles. The lowest BCUT2D eigenvalue weighted by Gasteiger charge is -2.11. The van der Waals surface area contributed by atoms with Gasteiger partial charge in [0.1, 0.15) is 5.92 Å². The first-order valence-electron chi connectivity index (χ1n) is 5.35. The highest BCUT2D eigenvalue weighted by Gasteiger charge is 2.31. The summed E-state index contributed by atoms with van der Waals surface area (Å²) in [5.41, 5.74) is -0.246. The predicted molar refractivity (Wildman–Crippen MR) is 60.9 cm³/mol. The molecule has 0 aliphatic rings. The summed E-state index contributed by atoms with van der Waals surface area (Å²) >= 11 is 0. The Labute approximate surface area is 107 Å². The van der Waals surface area contributed by atoms with Gasteiger partial charge in [-0.2, -0.15) is 18.4 Å². The van der Waals surface area contributed by atoms with Crippen LogP contribution in [0.2, 0.25) is 0 Å². The molecular formula is C13H8F3N3. The van der Waals surface area contributed by atoms with E-state index in [1.807, 2.05) is 6.07 Å². The molecule has 0 aliphatic carbocycles. The van der Waals surface area contributed by atoms with E-state index in [0.717, 1.165) is 18.3 Å². The molecule has 0 radical (unpaired) electrons. The van der Waals surface area contributed by atoms with E-state index >= 15 is 0 Å². The Hall–Kier alpha value is -2.42. The van der Waals surface area contributed by atoms with E-state index in [2.05, 4.69) is 9.97 Å². The molecule has 96 valence electrons. The molecule has 0 amide bonds. The molecule has 2 aromatic heterocycles. The van der Waals surface area contributed by atoms with Crippen molar-refractivity contribution in [3.63, 3.8) is 0 Å². The van der Waals surface area contributed by atoms with Gasteiger partial charge in [0.15, 0.2) is 0 Å². The maximum atomic E-state index is 12.6. The predicted octanol–water partition coefficient (Wildman–Crippen LogP) is 3.15. The number of hydrogen-bond donors (Lipinski definition) is 0. The van der Waals surface area contributed by atoms with Crippen LogP contribution in [0.1, 0.15) is 22.7 Å². The van der Waals surface area contributed by atoms with Gasteiger partial charge >= 0.3 is 6.18 Å². The molecule has 2 aromatic rings. The molecule has 19 heavy (non-hydrogen) atoms. The fourth-order valence-electron chi connectivity index (χ4n) is 1.64. The molecule has 0 saturated heterocycles. The van der Waals surface area contributed by atoms with Gasteiger partial charge in [-0.25, -0.2) is 0 Å². The van der Waals surface area contributed by atoms with Crippen molar-refractivity contribution in [2.45, 2.75) is 12.1 Å². The standard InChI is InChI=1S/C13H8F3N3/c14-13(15,16)10-3-5-19-12(6-10)11(7-17)9-2-1-4-18-8-9/h1-6,8,11H. The van der Waals surface area contributed by atoms with Crippen molar-refractivity contribution in [2.75, 3.05) is 0 Å². The zero-order valence-corrected chi connectivity index (χ0v) is 9.59. The van der Waals surface area contributed by atoms with Crippen LogP contribution in [-0.4, -0.2) is 9.97 Å². The topological polar surface area (TPSA) is 49.6 Å². The molecule has 2 rings (SSSR count). The van der Waals surface area contributed by atoms with Crippen LogP contribution in [0.3, 0.4) is 0 Å². The molecule has 0 aliphatic heterocycles. The number of aromatic nitrogens is 2. The van der Waals surface area contributed by atoms with E-state index in [0.29, 0.717) is 5.56 Å². The third kappa shape index (κ3) is 2.88. The molecule has 2 heterocycles. The van der Waals surface area contributed by atoms with E-state index in [1.165, 1.54) is 12.4 Å². The minimum atomic E-state index is -4.45. The zero-order valence-electron chi connectivity index (χ0n) is 9.59. The number of pyridine rings is 2. The van der Waals surface area contributed by atoms with Gasteiger partial charge in [-0.3, -0.25) is 9.97 Å². The van der Waals surface area contributed by atoms with Gasteiger partial charge in [0.25, 0.3) is 0 Å². The Balaban J connectivity index is 2.44. The van der Waals surface area contributed by atoms with Crippen LogP contribution in [-0.2, 0) is 6.18 Å². The van der Waals surface area contributed by atoms with Crippen LogP contribution < -0.4 is 0 Å². The number of alkyl halides is 3. The maximum Gasteiger partial charge on any atom is 0.416 e. The summed E-state index contributed by atoms with van der Waals surface area (Å²) in [6.45, 7) is 0. The monoisotopic (exact) mass is 263 g/mol. The molecule has 0 bridgehead atoms. The van der Waals surface area contributed by atoms with Crippen molar-refractivity contribution in [1.82, 2.24) is 9.97 Å². The SMILES string of the molecule is N#CC(c1cccnc1)c1cc(C(F)(F)F)ccn1. The van der Waals surface area contributed by atoms with Crippen LogP contribution in [0.5, 0.6) is 0 Å². The van der Waals surface area contributed by atoms with Crippen molar-refractivity contribution >= 4 is 0 Å². The van der Waals surface area contributed by atoms with Crippen LogP contribution in [0.4, 0.5) is 13.2 Å². The van der Waals surface area contributed by atoms with Crippen molar-refractivity contribution in [1.29, 1.82) is 5.26 Å². The zero-order chi connectivity index (χ0) is 13.9. The van der Waals surface area contributed by atoms with Gasteiger partial charge in [0.05, 0.1) is 17.3 Å². The first-order chi connectivity index (χ1) is 9.02. The van der Waals surface area contributed by atoms with Crippen molar-refractivity contribution in [3.05, 3.63) is 59.7 Å². The van der Waals surface area contributed by atoms with Gasteiger partial charge in [-0.1, -0.05) is 6.07 Å². The van der Waals surface area contributed by atoms with E-state index in [1.54, 1.807) is 12.1 Å².